The van der Waals surface area contributed by atoms with Crippen LogP contribution in [0.3, 0.4) is 0 Å². The summed E-state index contributed by atoms with van der Waals surface area (Å²) < 4.78 is 41.9. The molecule has 2 amide bonds. The van der Waals surface area contributed by atoms with Crippen molar-refractivity contribution in [3.8, 4) is 11.3 Å². The quantitative estimate of drug-likeness (QED) is 0.466. The van der Waals surface area contributed by atoms with Crippen LogP contribution in [-0.4, -0.2) is 34.8 Å². The number of H-pyrrole nitrogens is 1. The molecule has 0 unspecified atom stereocenters. The van der Waals surface area contributed by atoms with E-state index in [0.717, 1.165) is 30.9 Å². The summed E-state index contributed by atoms with van der Waals surface area (Å²) in [6.45, 7) is 0.488. The van der Waals surface area contributed by atoms with E-state index >= 15 is 0 Å². The summed E-state index contributed by atoms with van der Waals surface area (Å²) >= 11 is 0. The van der Waals surface area contributed by atoms with Gasteiger partial charge in [0, 0.05) is 18.0 Å². The summed E-state index contributed by atoms with van der Waals surface area (Å²) in [6.07, 6.45) is 2.52. The normalized spacial score (nSPS) is 24.6. The van der Waals surface area contributed by atoms with Gasteiger partial charge in [-0.1, -0.05) is 0 Å². The van der Waals surface area contributed by atoms with E-state index in [4.69, 9.17) is 0 Å². The number of fused-ring (bicyclic) bond motifs is 1. The zero-order chi connectivity index (χ0) is 22.4. The molecule has 1 aromatic heterocycles. The maximum atomic E-state index is 14.5. The fraction of sp³-hybridized carbons (Fsp3) is 0.375. The lowest BCUT2D eigenvalue weighted by molar-refractivity contribution is 0.0546. The van der Waals surface area contributed by atoms with Crippen molar-refractivity contribution in [2.45, 2.75) is 43.7 Å². The minimum Gasteiger partial charge on any atom is -0.391 e. The SMILES string of the molecule is O=C(NC[C@H]1C[C@H](c2c(-c3ccc(F)cc3)[nH]c3c(F)cc(F)cc32)C1)N[C@H]1CC[C@@H]1O. The maximum Gasteiger partial charge on any atom is 0.315 e. The summed E-state index contributed by atoms with van der Waals surface area (Å²) in [5, 5.41) is 15.7. The van der Waals surface area contributed by atoms with Crippen molar-refractivity contribution in [1.82, 2.24) is 15.6 Å². The molecule has 32 heavy (non-hydrogen) atoms. The van der Waals surface area contributed by atoms with E-state index in [1.165, 1.54) is 18.2 Å². The molecule has 2 aliphatic rings. The number of amides is 2. The number of hydrogen-bond donors (Lipinski definition) is 4. The summed E-state index contributed by atoms with van der Waals surface area (Å²) in [5.41, 5.74) is 2.43. The number of aromatic amines is 1. The number of nitrogens with one attached hydrogen (secondary N) is 3. The Hall–Kier alpha value is -3.00. The number of carbonyl (C=O) groups excluding carboxylic acids is 1. The third-order valence-corrected chi connectivity index (χ3v) is 6.75. The molecule has 4 N–H and O–H groups in total. The third-order valence-electron chi connectivity index (χ3n) is 6.75. The monoisotopic (exact) mass is 443 g/mol. The van der Waals surface area contributed by atoms with Crippen LogP contribution in [0, 0.1) is 23.4 Å². The van der Waals surface area contributed by atoms with Gasteiger partial charge in [-0.15, -0.1) is 0 Å². The molecule has 0 saturated heterocycles. The zero-order valence-corrected chi connectivity index (χ0v) is 17.3. The van der Waals surface area contributed by atoms with Gasteiger partial charge in [0.25, 0.3) is 0 Å². The van der Waals surface area contributed by atoms with Gasteiger partial charge in [0.05, 0.1) is 23.4 Å². The topological polar surface area (TPSA) is 77.2 Å². The number of aliphatic hydroxyl groups excluding tert-OH is 1. The molecule has 8 heteroatoms. The minimum absolute atomic E-state index is 0.0633. The highest BCUT2D eigenvalue weighted by Gasteiger charge is 2.35. The molecule has 2 aliphatic carbocycles. The van der Waals surface area contributed by atoms with Crippen molar-refractivity contribution in [3.05, 3.63) is 59.4 Å². The van der Waals surface area contributed by atoms with E-state index in [-0.39, 0.29) is 35.2 Å². The van der Waals surface area contributed by atoms with Crippen LogP contribution in [0.2, 0.25) is 0 Å². The van der Waals surface area contributed by atoms with Gasteiger partial charge in [-0.2, -0.15) is 0 Å². The average Bonchev–Trinajstić information content (AvgIpc) is 3.09. The maximum absolute atomic E-state index is 14.5. The lowest BCUT2D eigenvalue weighted by Crippen LogP contribution is -2.53. The average molecular weight is 443 g/mol. The second-order valence-corrected chi connectivity index (χ2v) is 8.87. The van der Waals surface area contributed by atoms with Gasteiger partial charge < -0.3 is 20.7 Å². The van der Waals surface area contributed by atoms with E-state index in [2.05, 4.69) is 15.6 Å². The van der Waals surface area contributed by atoms with Gasteiger partial charge in [-0.3, -0.25) is 0 Å². The van der Waals surface area contributed by atoms with Crippen LogP contribution in [0.5, 0.6) is 0 Å². The Bertz CT molecular complexity index is 1160. The summed E-state index contributed by atoms with van der Waals surface area (Å²) in [6, 6.07) is 7.63. The van der Waals surface area contributed by atoms with Gasteiger partial charge in [-0.25, -0.2) is 18.0 Å². The largest absolute Gasteiger partial charge is 0.391 e. The fourth-order valence-electron chi connectivity index (χ4n) is 4.75. The van der Waals surface area contributed by atoms with Gasteiger partial charge in [0.15, 0.2) is 0 Å². The molecule has 2 atom stereocenters. The second-order valence-electron chi connectivity index (χ2n) is 8.87. The molecule has 5 nitrogen and oxygen atoms in total. The van der Waals surface area contributed by atoms with Crippen LogP contribution >= 0.6 is 0 Å². The van der Waals surface area contributed by atoms with E-state index in [9.17, 15) is 23.1 Å². The van der Waals surface area contributed by atoms with Crippen molar-refractivity contribution >= 4 is 16.9 Å². The van der Waals surface area contributed by atoms with E-state index in [0.29, 0.717) is 29.6 Å². The number of carbonyl (C=O) groups is 1. The van der Waals surface area contributed by atoms with Gasteiger partial charge in [0.2, 0.25) is 0 Å². The molecule has 0 aliphatic heterocycles. The second kappa shape index (κ2) is 8.16. The molecule has 5 rings (SSSR count). The standard InChI is InChI=1S/C24H24F3N3O2/c25-15-3-1-13(2-4-15)22-21(17-9-16(26)10-18(27)23(17)30-22)14-7-12(8-14)11-28-24(32)29-19-5-6-20(19)31/h1-4,9-10,12,14,19-20,30-31H,5-8,11H2,(H2,28,29,32)/t12-,14-,19-,20-/m0/s1. The van der Waals surface area contributed by atoms with Crippen molar-refractivity contribution in [3.63, 3.8) is 0 Å². The van der Waals surface area contributed by atoms with Crippen molar-refractivity contribution in [2.75, 3.05) is 6.54 Å². The first-order chi connectivity index (χ1) is 15.4. The van der Waals surface area contributed by atoms with E-state index in [1.807, 2.05) is 0 Å². The first-order valence-corrected chi connectivity index (χ1v) is 10.9. The van der Waals surface area contributed by atoms with Crippen LogP contribution in [0.1, 0.15) is 37.2 Å². The van der Waals surface area contributed by atoms with Crippen LogP contribution < -0.4 is 10.6 Å². The fourth-order valence-corrected chi connectivity index (χ4v) is 4.75. The first-order valence-electron chi connectivity index (χ1n) is 10.9. The zero-order valence-electron chi connectivity index (χ0n) is 17.3. The van der Waals surface area contributed by atoms with Crippen molar-refractivity contribution < 1.29 is 23.1 Å². The molecule has 2 aromatic carbocycles. The summed E-state index contributed by atoms with van der Waals surface area (Å²) in [5.74, 6) is -1.38. The molecule has 168 valence electrons. The Morgan fingerprint density at radius 3 is 2.47 bits per heavy atom. The summed E-state index contributed by atoms with van der Waals surface area (Å²) in [4.78, 5) is 15.1. The predicted octanol–water partition coefficient (Wildman–Crippen LogP) is 4.57. The molecular formula is C24H24F3N3O2. The van der Waals surface area contributed by atoms with Gasteiger partial charge in [-0.05, 0) is 79.0 Å². The Balaban J connectivity index is 1.33. The Morgan fingerprint density at radius 2 is 1.81 bits per heavy atom. The number of halogens is 3. The Morgan fingerprint density at radius 1 is 1.06 bits per heavy atom. The predicted molar refractivity (Wildman–Crippen MR) is 115 cm³/mol. The van der Waals surface area contributed by atoms with Crippen LogP contribution in [0.4, 0.5) is 18.0 Å². The number of hydrogen-bond acceptors (Lipinski definition) is 2. The number of aromatic nitrogens is 1. The number of benzene rings is 2. The third kappa shape index (κ3) is 3.83. The smallest absolute Gasteiger partial charge is 0.315 e. The highest BCUT2D eigenvalue weighted by Crippen LogP contribution is 2.48. The highest BCUT2D eigenvalue weighted by molar-refractivity contribution is 5.92. The van der Waals surface area contributed by atoms with E-state index in [1.54, 1.807) is 12.1 Å². The van der Waals surface area contributed by atoms with Crippen LogP contribution in [0.25, 0.3) is 22.2 Å². The van der Waals surface area contributed by atoms with Crippen LogP contribution in [-0.2, 0) is 0 Å². The van der Waals surface area contributed by atoms with Crippen LogP contribution in [0.15, 0.2) is 36.4 Å². The molecular weight excluding hydrogens is 419 g/mol. The molecule has 1 heterocycles. The Kier molecular flexibility index (Phi) is 5.33. The van der Waals surface area contributed by atoms with Crippen molar-refractivity contribution in [1.29, 1.82) is 0 Å². The highest BCUT2D eigenvalue weighted by atomic mass is 19.1. The molecule has 0 bridgehead atoms. The van der Waals surface area contributed by atoms with Gasteiger partial charge in [0.1, 0.15) is 17.5 Å². The lowest BCUT2D eigenvalue weighted by Gasteiger charge is -2.37. The number of aliphatic hydroxyl groups is 1. The molecule has 0 spiro atoms. The van der Waals surface area contributed by atoms with Crippen molar-refractivity contribution in [2.24, 2.45) is 5.92 Å². The molecule has 3 aromatic rings. The molecule has 2 saturated carbocycles. The molecule has 0 radical (unpaired) electrons. The van der Waals surface area contributed by atoms with Gasteiger partial charge >= 0.3 is 6.03 Å². The minimum atomic E-state index is -0.665. The first kappa shape index (κ1) is 20.9. The van der Waals surface area contributed by atoms with E-state index < -0.39 is 17.7 Å². The number of rotatable bonds is 5. The lowest BCUT2D eigenvalue weighted by atomic mass is 9.70. The molecule has 2 fully saturated rings. The Labute approximate surface area is 183 Å². The summed E-state index contributed by atoms with van der Waals surface area (Å²) in [7, 11) is 0. The number of urea groups is 1.